The molecule has 0 radical (unpaired) electrons. The summed E-state index contributed by atoms with van der Waals surface area (Å²) in [7, 11) is 3.03. The van der Waals surface area contributed by atoms with Crippen LogP contribution in [0.5, 0.6) is 23.0 Å². The fraction of sp³-hybridized carbons (Fsp3) is 0.240. The van der Waals surface area contributed by atoms with Crippen LogP contribution in [-0.2, 0) is 9.63 Å². The molecule has 0 aromatic heterocycles. The van der Waals surface area contributed by atoms with Crippen molar-refractivity contribution >= 4 is 23.7 Å². The maximum Gasteiger partial charge on any atom is 0.282 e. The van der Waals surface area contributed by atoms with E-state index in [9.17, 15) is 4.79 Å². The first kappa shape index (κ1) is 22.9. The van der Waals surface area contributed by atoms with E-state index >= 15 is 0 Å². The summed E-state index contributed by atoms with van der Waals surface area (Å²) in [5.74, 6) is 2.21. The van der Waals surface area contributed by atoms with Crippen molar-refractivity contribution in [3.8, 4) is 23.0 Å². The van der Waals surface area contributed by atoms with E-state index in [1.54, 1.807) is 25.1 Å². The molecule has 2 aliphatic heterocycles. The lowest BCUT2D eigenvalue weighted by Crippen LogP contribution is -2.38. The van der Waals surface area contributed by atoms with Gasteiger partial charge in [-0.25, -0.2) is 0 Å². The molecule has 0 unspecified atom stereocenters. The number of allylic oxidation sites excluding steroid dienone is 1. The summed E-state index contributed by atoms with van der Waals surface area (Å²) >= 11 is 0. The van der Waals surface area contributed by atoms with Crippen LogP contribution in [0.1, 0.15) is 18.1 Å². The molecule has 0 bridgehead atoms. The predicted octanol–water partition coefficient (Wildman–Crippen LogP) is 3.92. The molecule has 176 valence electrons. The van der Waals surface area contributed by atoms with Gasteiger partial charge in [0.2, 0.25) is 5.75 Å². The Morgan fingerprint density at radius 1 is 1.06 bits per heavy atom. The highest BCUT2D eigenvalue weighted by Crippen LogP contribution is 2.39. The van der Waals surface area contributed by atoms with Gasteiger partial charge in [0.1, 0.15) is 24.7 Å². The number of aliphatic imine (C=N–C) groups is 1. The number of ether oxygens (including phenoxy) is 4. The van der Waals surface area contributed by atoms with Crippen LogP contribution in [0.15, 0.2) is 58.8 Å². The summed E-state index contributed by atoms with van der Waals surface area (Å²) in [6.45, 7) is 4.32. The number of hydroxylamine groups is 2. The maximum absolute atomic E-state index is 12.5. The molecule has 0 atom stereocenters. The number of carbonyl (C=O) groups is 1. The standard InChI is InChI=1S/C25H25N3O6/c1-15-6-5-7-18(10-15)32-8-9-33-23-20(30-3)13-17(14-21(23)31-4)12-19-24(26)28-22(27-25(19)29)11-16(2)34-28/h5-7,10-14,26H,8-9H2,1-4H3/b19-12-,26-24?. The van der Waals surface area contributed by atoms with Crippen molar-refractivity contribution in [3.05, 3.63) is 64.9 Å². The van der Waals surface area contributed by atoms with Gasteiger partial charge in [-0.15, -0.1) is 5.06 Å². The Hall–Kier alpha value is -4.27. The average molecular weight is 463 g/mol. The second-order valence-electron chi connectivity index (χ2n) is 7.59. The Balaban J connectivity index is 1.52. The number of hydrogen-bond acceptors (Lipinski definition) is 7. The van der Waals surface area contributed by atoms with Crippen molar-refractivity contribution < 1.29 is 28.6 Å². The largest absolute Gasteiger partial charge is 0.493 e. The summed E-state index contributed by atoms with van der Waals surface area (Å²) in [4.78, 5) is 22.0. The van der Waals surface area contributed by atoms with Crippen molar-refractivity contribution in [1.29, 1.82) is 5.41 Å². The first-order valence-corrected chi connectivity index (χ1v) is 10.6. The number of aryl methyl sites for hydroxylation is 1. The summed E-state index contributed by atoms with van der Waals surface area (Å²) < 4.78 is 22.6. The fourth-order valence-electron chi connectivity index (χ4n) is 3.50. The Kier molecular flexibility index (Phi) is 6.53. The van der Waals surface area contributed by atoms with Crippen LogP contribution in [0, 0.1) is 12.3 Å². The van der Waals surface area contributed by atoms with Crippen LogP contribution in [-0.4, -0.2) is 50.1 Å². The van der Waals surface area contributed by atoms with E-state index in [2.05, 4.69) is 4.99 Å². The Morgan fingerprint density at radius 2 is 1.76 bits per heavy atom. The van der Waals surface area contributed by atoms with E-state index in [0.29, 0.717) is 35.2 Å². The minimum absolute atomic E-state index is 0.0798. The van der Waals surface area contributed by atoms with E-state index in [4.69, 9.17) is 29.2 Å². The number of fused-ring (bicyclic) bond motifs is 1. The van der Waals surface area contributed by atoms with Crippen LogP contribution in [0.4, 0.5) is 0 Å². The van der Waals surface area contributed by atoms with Gasteiger partial charge < -0.3 is 23.8 Å². The molecule has 2 aromatic carbocycles. The maximum atomic E-state index is 12.5. The van der Waals surface area contributed by atoms with Crippen molar-refractivity contribution in [1.82, 2.24) is 5.06 Å². The molecule has 1 N–H and O–H groups in total. The van der Waals surface area contributed by atoms with Gasteiger partial charge in [0.15, 0.2) is 23.2 Å². The summed E-state index contributed by atoms with van der Waals surface area (Å²) in [6.07, 6.45) is 3.14. The quantitative estimate of drug-likeness (QED) is 0.468. The zero-order valence-electron chi connectivity index (χ0n) is 19.4. The molecule has 2 heterocycles. The van der Waals surface area contributed by atoms with Gasteiger partial charge in [0.05, 0.1) is 19.8 Å². The predicted molar refractivity (Wildman–Crippen MR) is 127 cm³/mol. The van der Waals surface area contributed by atoms with Crippen molar-refractivity contribution in [2.75, 3.05) is 27.4 Å². The molecule has 0 saturated carbocycles. The molecule has 0 aliphatic carbocycles. The molecule has 34 heavy (non-hydrogen) atoms. The molecule has 0 spiro atoms. The third-order valence-corrected chi connectivity index (χ3v) is 5.06. The normalized spacial score (nSPS) is 16.0. The van der Waals surface area contributed by atoms with Crippen LogP contribution in [0.3, 0.4) is 0 Å². The van der Waals surface area contributed by atoms with Crippen LogP contribution < -0.4 is 18.9 Å². The molecule has 9 heteroatoms. The summed E-state index contributed by atoms with van der Waals surface area (Å²) in [5, 5.41) is 9.59. The first-order valence-electron chi connectivity index (χ1n) is 10.6. The lowest BCUT2D eigenvalue weighted by atomic mass is 10.1. The molecule has 0 fully saturated rings. The highest BCUT2D eigenvalue weighted by molar-refractivity contribution is 6.32. The lowest BCUT2D eigenvalue weighted by molar-refractivity contribution is -0.114. The molecule has 1 amide bonds. The monoisotopic (exact) mass is 463 g/mol. The minimum atomic E-state index is -0.530. The van der Waals surface area contributed by atoms with Gasteiger partial charge in [-0.05, 0) is 55.3 Å². The Bertz CT molecular complexity index is 1210. The van der Waals surface area contributed by atoms with Crippen molar-refractivity contribution in [3.63, 3.8) is 0 Å². The summed E-state index contributed by atoms with van der Waals surface area (Å²) in [6, 6.07) is 11.2. The number of carbonyl (C=O) groups excluding carboxylic acids is 1. The van der Waals surface area contributed by atoms with Crippen molar-refractivity contribution in [2.24, 2.45) is 4.99 Å². The number of amides is 1. The van der Waals surface area contributed by atoms with Crippen molar-refractivity contribution in [2.45, 2.75) is 13.8 Å². The zero-order chi connectivity index (χ0) is 24.2. The second kappa shape index (κ2) is 9.70. The molecular formula is C25H25N3O6. The zero-order valence-corrected chi connectivity index (χ0v) is 19.4. The smallest absolute Gasteiger partial charge is 0.282 e. The Labute approximate surface area is 197 Å². The number of amidine groups is 2. The van der Waals surface area contributed by atoms with Gasteiger partial charge >= 0.3 is 0 Å². The number of benzene rings is 2. The van der Waals surface area contributed by atoms with E-state index in [-0.39, 0.29) is 23.9 Å². The van der Waals surface area contributed by atoms with Crippen LogP contribution in [0.25, 0.3) is 6.08 Å². The fourth-order valence-corrected chi connectivity index (χ4v) is 3.50. The topological polar surface area (TPSA) is 103 Å². The Morgan fingerprint density at radius 3 is 2.44 bits per heavy atom. The van der Waals surface area contributed by atoms with E-state index in [1.807, 2.05) is 31.2 Å². The highest BCUT2D eigenvalue weighted by atomic mass is 16.7. The van der Waals surface area contributed by atoms with Gasteiger partial charge in [0, 0.05) is 6.08 Å². The summed E-state index contributed by atoms with van der Waals surface area (Å²) in [5.41, 5.74) is 1.77. The van der Waals surface area contributed by atoms with E-state index < -0.39 is 5.91 Å². The first-order chi connectivity index (χ1) is 16.4. The lowest BCUT2D eigenvalue weighted by Gasteiger charge is -2.23. The minimum Gasteiger partial charge on any atom is -0.493 e. The van der Waals surface area contributed by atoms with Gasteiger partial charge in [-0.3, -0.25) is 10.2 Å². The van der Waals surface area contributed by atoms with Gasteiger partial charge in [-0.2, -0.15) is 4.99 Å². The number of nitrogens with one attached hydrogen (secondary N) is 1. The third-order valence-electron chi connectivity index (χ3n) is 5.06. The molecule has 4 rings (SSSR count). The average Bonchev–Trinajstić information content (AvgIpc) is 3.19. The number of rotatable bonds is 8. The van der Waals surface area contributed by atoms with Crippen LogP contribution >= 0.6 is 0 Å². The van der Waals surface area contributed by atoms with E-state index in [0.717, 1.165) is 11.3 Å². The van der Waals surface area contributed by atoms with E-state index in [1.165, 1.54) is 25.4 Å². The molecular weight excluding hydrogens is 438 g/mol. The molecule has 2 aliphatic rings. The molecule has 0 saturated heterocycles. The molecule has 9 nitrogen and oxygen atoms in total. The SMILES string of the molecule is COc1cc(/C=C2/C(=N)N3OC(C)=CC3=NC2=O)cc(OC)c1OCCOc1cccc(C)c1. The van der Waals surface area contributed by atoms with Crippen LogP contribution in [0.2, 0.25) is 0 Å². The van der Waals surface area contributed by atoms with Gasteiger partial charge in [0.25, 0.3) is 5.91 Å². The van der Waals surface area contributed by atoms with Gasteiger partial charge in [-0.1, -0.05) is 12.1 Å². The number of nitrogens with zero attached hydrogens (tertiary/aromatic N) is 2. The second-order valence-corrected chi connectivity index (χ2v) is 7.59. The third kappa shape index (κ3) is 4.73. The number of methoxy groups -OCH3 is 2. The highest BCUT2D eigenvalue weighted by Gasteiger charge is 2.34. The molecule has 2 aromatic rings. The number of hydrogen-bond donors (Lipinski definition) is 1.